The van der Waals surface area contributed by atoms with Crippen molar-refractivity contribution in [3.8, 4) is 5.75 Å². The molecule has 21 heavy (non-hydrogen) atoms. The van der Waals surface area contributed by atoms with Crippen LogP contribution in [-0.4, -0.2) is 50.9 Å². The minimum atomic E-state index is 0. The third kappa shape index (κ3) is 38.1. The van der Waals surface area contributed by atoms with Crippen molar-refractivity contribution in [3.63, 3.8) is 0 Å². The summed E-state index contributed by atoms with van der Waals surface area (Å²) in [4.78, 5) is 8.00. The Morgan fingerprint density at radius 2 is 1.52 bits per heavy atom. The van der Waals surface area contributed by atoms with Crippen molar-refractivity contribution in [1.82, 2.24) is 6.15 Å². The van der Waals surface area contributed by atoms with Crippen LogP contribution in [0, 0.1) is 0 Å². The molecule has 7 nitrogen and oxygen atoms in total. The first-order valence-electron chi connectivity index (χ1n) is 6.33. The summed E-state index contributed by atoms with van der Waals surface area (Å²) in [5, 5.41) is 8.63. The number of carbonyl (C=O) groups excluding carboxylic acids is 1. The first-order chi connectivity index (χ1) is 9.70. The number of ether oxygens (including phenoxy) is 2. The van der Waals surface area contributed by atoms with Gasteiger partial charge >= 0.3 is 0 Å². The lowest BCUT2D eigenvalue weighted by atomic mass is 10.3. The van der Waals surface area contributed by atoms with E-state index in [2.05, 4.69) is 11.7 Å². The number of aromatic hydroxyl groups is 1. The molecular weight excluding hydrogens is 274 g/mol. The molecule has 3 rings (SSSR count). The minimum absolute atomic E-state index is 0. The van der Waals surface area contributed by atoms with Crippen LogP contribution >= 0.6 is 0 Å². The number of benzene rings is 1. The molecule has 7 heteroatoms. The standard InChI is InChI=1S/C6H6O.C3H6O.C2H8N2.C2H4O.CH2O.H3N/c7-6-4-2-1-3-5-6;1-3-2-4-3;3-1-2-4;1-2-3-1;1-2;/h1-5,7H;3H,2H2,1H3;1-4H2;1-2H2;1H2;1H3. The maximum atomic E-state index is 8.63. The van der Waals surface area contributed by atoms with Crippen LogP contribution in [0.2, 0.25) is 0 Å². The summed E-state index contributed by atoms with van der Waals surface area (Å²) in [5.74, 6) is 0.322. The van der Waals surface area contributed by atoms with Gasteiger partial charge in [-0.15, -0.1) is 0 Å². The molecule has 1 aromatic carbocycles. The molecule has 2 aliphatic heterocycles. The Kier molecular flexibility index (Phi) is 24.3. The summed E-state index contributed by atoms with van der Waals surface area (Å²) in [6.07, 6.45) is 0.583. The highest BCUT2D eigenvalue weighted by Crippen LogP contribution is 2.04. The van der Waals surface area contributed by atoms with E-state index in [0.29, 0.717) is 24.9 Å². The molecule has 2 fully saturated rings. The first kappa shape index (κ1) is 24.5. The Bertz CT molecular complexity index is 278. The van der Waals surface area contributed by atoms with Gasteiger partial charge in [0, 0.05) is 13.1 Å². The number of rotatable bonds is 1. The van der Waals surface area contributed by atoms with Crippen LogP contribution in [0.5, 0.6) is 5.75 Å². The van der Waals surface area contributed by atoms with Crippen LogP contribution in [0.1, 0.15) is 6.92 Å². The predicted octanol–water partition coefficient (Wildman–Crippen LogP) is 0.695. The zero-order chi connectivity index (χ0) is 15.6. The lowest BCUT2D eigenvalue weighted by Crippen LogP contribution is -2.11. The highest BCUT2D eigenvalue weighted by atomic mass is 16.6. The summed E-state index contributed by atoms with van der Waals surface area (Å²) >= 11 is 0. The van der Waals surface area contributed by atoms with E-state index in [1.54, 1.807) is 24.3 Å². The van der Waals surface area contributed by atoms with Gasteiger partial charge in [0.25, 0.3) is 0 Å². The van der Waals surface area contributed by atoms with Crippen molar-refractivity contribution in [1.29, 1.82) is 0 Å². The molecule has 0 amide bonds. The summed E-state index contributed by atoms with van der Waals surface area (Å²) < 4.78 is 9.21. The second-order valence-corrected chi connectivity index (χ2v) is 3.67. The number of carbonyl (C=O) groups is 1. The molecule has 8 N–H and O–H groups in total. The minimum Gasteiger partial charge on any atom is -0.508 e. The molecular formula is C14H29N3O4. The zero-order valence-corrected chi connectivity index (χ0v) is 12.7. The average Bonchev–Trinajstić information content (AvgIpc) is 3.37. The maximum Gasteiger partial charge on any atom is 0.115 e. The molecule has 2 saturated heterocycles. The normalized spacial score (nSPS) is 15.5. The smallest absolute Gasteiger partial charge is 0.115 e. The van der Waals surface area contributed by atoms with Gasteiger partial charge in [-0.3, -0.25) is 0 Å². The SMILES string of the molecule is C1CO1.C=O.CC1CO1.N.NCCN.Oc1ccccc1. The van der Waals surface area contributed by atoms with Gasteiger partial charge in [-0.2, -0.15) is 0 Å². The quantitative estimate of drug-likeness (QED) is 0.557. The van der Waals surface area contributed by atoms with E-state index in [4.69, 9.17) is 26.1 Å². The van der Waals surface area contributed by atoms with Crippen molar-refractivity contribution in [2.24, 2.45) is 11.5 Å². The van der Waals surface area contributed by atoms with Crippen LogP contribution in [-0.2, 0) is 14.3 Å². The molecule has 1 aromatic rings. The van der Waals surface area contributed by atoms with Crippen molar-refractivity contribution in [2.75, 3.05) is 32.9 Å². The predicted molar refractivity (Wildman–Crippen MR) is 84.6 cm³/mol. The summed E-state index contributed by atoms with van der Waals surface area (Å²) in [6, 6.07) is 8.71. The Hall–Kier alpha value is -1.51. The number of hydrogen-bond acceptors (Lipinski definition) is 7. The number of para-hydroxylation sites is 1. The summed E-state index contributed by atoms with van der Waals surface area (Å²) in [5.41, 5.74) is 9.81. The van der Waals surface area contributed by atoms with Crippen LogP contribution in [0.4, 0.5) is 0 Å². The van der Waals surface area contributed by atoms with Gasteiger partial charge in [0.05, 0.1) is 25.9 Å². The lowest BCUT2D eigenvalue weighted by molar-refractivity contribution is -0.0979. The van der Waals surface area contributed by atoms with Crippen LogP contribution in [0.15, 0.2) is 30.3 Å². The third-order valence-electron chi connectivity index (χ3n) is 1.63. The van der Waals surface area contributed by atoms with Gasteiger partial charge in [-0.25, -0.2) is 0 Å². The van der Waals surface area contributed by atoms with Crippen molar-refractivity contribution >= 4 is 6.79 Å². The summed E-state index contributed by atoms with van der Waals surface area (Å²) in [7, 11) is 0. The van der Waals surface area contributed by atoms with E-state index in [0.717, 1.165) is 19.8 Å². The topological polar surface area (TPSA) is 149 Å². The molecule has 1 unspecified atom stereocenters. The monoisotopic (exact) mass is 303 g/mol. The van der Waals surface area contributed by atoms with Crippen molar-refractivity contribution < 1.29 is 19.4 Å². The first-order valence-corrected chi connectivity index (χ1v) is 6.33. The molecule has 0 saturated carbocycles. The molecule has 1 atom stereocenters. The van der Waals surface area contributed by atoms with Gasteiger partial charge in [0.15, 0.2) is 0 Å². The van der Waals surface area contributed by atoms with Gasteiger partial charge < -0.3 is 37.0 Å². The number of hydrogen-bond donors (Lipinski definition) is 4. The van der Waals surface area contributed by atoms with E-state index < -0.39 is 0 Å². The van der Waals surface area contributed by atoms with E-state index >= 15 is 0 Å². The molecule has 124 valence electrons. The fourth-order valence-corrected chi connectivity index (χ4v) is 0.524. The number of nitrogens with two attached hydrogens (primary N) is 2. The molecule has 0 aromatic heterocycles. The van der Waals surface area contributed by atoms with E-state index in [1.165, 1.54) is 0 Å². The number of epoxide rings is 2. The van der Waals surface area contributed by atoms with E-state index in [-0.39, 0.29) is 6.15 Å². The third-order valence-corrected chi connectivity index (χ3v) is 1.63. The molecule has 0 spiro atoms. The molecule has 2 heterocycles. The highest BCUT2D eigenvalue weighted by molar-refractivity contribution is 5.18. The maximum absolute atomic E-state index is 8.63. The highest BCUT2D eigenvalue weighted by Gasteiger charge is 2.13. The van der Waals surface area contributed by atoms with E-state index in [9.17, 15) is 0 Å². The van der Waals surface area contributed by atoms with E-state index in [1.807, 2.05) is 12.9 Å². The van der Waals surface area contributed by atoms with Crippen LogP contribution in [0.25, 0.3) is 0 Å². The molecule has 0 aliphatic carbocycles. The molecule has 0 bridgehead atoms. The average molecular weight is 303 g/mol. The van der Waals surface area contributed by atoms with Gasteiger partial charge in [0.2, 0.25) is 0 Å². The van der Waals surface area contributed by atoms with Gasteiger partial charge in [-0.1, -0.05) is 18.2 Å². The summed E-state index contributed by atoms with van der Waals surface area (Å²) in [6.45, 7) is 8.24. The number of phenols is 1. The Morgan fingerprint density at radius 3 is 1.62 bits per heavy atom. The second kappa shape index (κ2) is 20.8. The van der Waals surface area contributed by atoms with Crippen molar-refractivity contribution in [3.05, 3.63) is 30.3 Å². The lowest BCUT2D eigenvalue weighted by Gasteiger charge is -1.82. The fraction of sp³-hybridized carbons (Fsp3) is 0.500. The Morgan fingerprint density at radius 1 is 1.19 bits per heavy atom. The van der Waals surface area contributed by atoms with Crippen molar-refractivity contribution in [2.45, 2.75) is 13.0 Å². The largest absolute Gasteiger partial charge is 0.508 e. The van der Waals surface area contributed by atoms with Crippen LogP contribution in [0.3, 0.4) is 0 Å². The Balaban J connectivity index is -0.000000204. The molecule has 2 aliphatic rings. The van der Waals surface area contributed by atoms with Gasteiger partial charge in [-0.05, 0) is 19.1 Å². The fourth-order valence-electron chi connectivity index (χ4n) is 0.524. The molecule has 0 radical (unpaired) electrons. The Labute approximate surface area is 126 Å². The van der Waals surface area contributed by atoms with Crippen LogP contribution < -0.4 is 17.6 Å². The van der Waals surface area contributed by atoms with Gasteiger partial charge in [0.1, 0.15) is 12.5 Å². The number of phenolic OH excluding ortho intramolecular Hbond substituents is 1. The second-order valence-electron chi connectivity index (χ2n) is 3.67. The zero-order valence-electron chi connectivity index (χ0n) is 12.7.